The van der Waals surface area contributed by atoms with E-state index in [1.165, 1.54) is 18.2 Å². The number of amides is 1. The van der Waals surface area contributed by atoms with E-state index >= 15 is 0 Å². The molecule has 2 aliphatic rings. The summed E-state index contributed by atoms with van der Waals surface area (Å²) in [6.45, 7) is 5.68. The summed E-state index contributed by atoms with van der Waals surface area (Å²) in [5, 5.41) is -0.125. The molecule has 212 valence electrons. The van der Waals surface area contributed by atoms with E-state index in [9.17, 15) is 27.2 Å². The smallest absolute Gasteiger partial charge is 0.397 e. The molecule has 1 amide bonds. The predicted octanol–water partition coefficient (Wildman–Crippen LogP) is 2.11. The molecule has 0 atom stereocenters. The number of piperazine rings is 1. The Hall–Kier alpha value is -4.20. The summed E-state index contributed by atoms with van der Waals surface area (Å²) in [5.41, 5.74) is 1.96. The second kappa shape index (κ2) is 10.1. The van der Waals surface area contributed by atoms with Gasteiger partial charge in [0.05, 0.1) is 11.1 Å². The first-order chi connectivity index (χ1) is 18.9. The highest BCUT2D eigenvalue weighted by Gasteiger charge is 2.39. The van der Waals surface area contributed by atoms with E-state index < -0.39 is 28.9 Å². The lowest BCUT2D eigenvalue weighted by Gasteiger charge is -2.43. The number of anilines is 3. The molecule has 2 aromatic heterocycles. The van der Waals surface area contributed by atoms with E-state index in [0.717, 1.165) is 12.1 Å². The van der Waals surface area contributed by atoms with E-state index in [1.807, 2.05) is 23.9 Å². The Bertz CT molecular complexity index is 1520. The third-order valence-corrected chi connectivity index (χ3v) is 7.31. The van der Waals surface area contributed by atoms with Crippen LogP contribution in [-0.4, -0.2) is 89.6 Å². The van der Waals surface area contributed by atoms with Crippen molar-refractivity contribution >= 4 is 34.3 Å². The predicted molar refractivity (Wildman–Crippen MR) is 143 cm³/mol. The maximum absolute atomic E-state index is 14.9. The molecule has 0 aliphatic carbocycles. The van der Waals surface area contributed by atoms with Gasteiger partial charge in [-0.15, -0.1) is 0 Å². The van der Waals surface area contributed by atoms with Crippen molar-refractivity contribution in [3.8, 4) is 5.69 Å². The van der Waals surface area contributed by atoms with Crippen LogP contribution < -0.4 is 21.1 Å². The van der Waals surface area contributed by atoms with Crippen molar-refractivity contribution in [2.75, 3.05) is 68.9 Å². The van der Waals surface area contributed by atoms with Crippen LogP contribution in [0.4, 0.5) is 35.0 Å². The number of carbonyl (C=O) groups is 1. The number of alkyl halides is 3. The number of benzene rings is 1. The van der Waals surface area contributed by atoms with Gasteiger partial charge in [-0.2, -0.15) is 18.2 Å². The number of likely N-dealkylation sites (N-methyl/N-ethyl adjacent to an activating group) is 1. The first kappa shape index (κ1) is 27.4. The molecule has 40 heavy (non-hydrogen) atoms. The van der Waals surface area contributed by atoms with Crippen molar-refractivity contribution in [2.24, 2.45) is 0 Å². The molecule has 0 saturated carbocycles. The molecule has 14 heteroatoms. The number of hydrogen-bond donors (Lipinski definition) is 1. The number of fused-ring (bicyclic) bond motifs is 1. The average Bonchev–Trinajstić information content (AvgIpc) is 2.87. The fourth-order valence-corrected chi connectivity index (χ4v) is 4.95. The number of halogens is 4. The van der Waals surface area contributed by atoms with E-state index in [1.54, 1.807) is 9.80 Å². The molecule has 5 rings (SSSR count). The maximum atomic E-state index is 14.9. The van der Waals surface area contributed by atoms with Crippen molar-refractivity contribution in [3.05, 3.63) is 58.8 Å². The minimum Gasteiger partial charge on any atom is -0.397 e. The highest BCUT2D eigenvalue weighted by atomic mass is 19.4. The van der Waals surface area contributed by atoms with Crippen molar-refractivity contribution in [1.29, 1.82) is 0 Å². The number of hydrogen-bond acceptors (Lipinski definition) is 8. The lowest BCUT2D eigenvalue weighted by molar-refractivity contribution is -0.142. The SMILES string of the molecule is C=CC(=O)N1CCN(c2nc(N3CC(N(C)C)C3)nc3c(=O)n(-c4c(N)cccc4F)c(C(F)(F)F)cc23)CC1. The van der Waals surface area contributed by atoms with Gasteiger partial charge in [0.15, 0.2) is 0 Å². The average molecular weight is 561 g/mol. The van der Waals surface area contributed by atoms with Crippen molar-refractivity contribution < 1.29 is 22.4 Å². The Balaban J connectivity index is 1.73. The summed E-state index contributed by atoms with van der Waals surface area (Å²) in [6, 6.07) is 4.37. The first-order valence-electron chi connectivity index (χ1n) is 12.6. The molecule has 0 spiro atoms. The summed E-state index contributed by atoms with van der Waals surface area (Å²) < 4.78 is 58.3. The number of para-hydroxylation sites is 1. The standard InChI is InChI=1S/C26H28F4N8O2/c1-4-20(39)35-8-10-36(11-9-35)23-16-12-19(26(28,29)30)38(22-17(27)6-5-7-18(22)31)24(40)21(16)32-25(33-23)37-13-15(14-37)34(2)3/h4-7,12,15H,1,8-11,13-14,31H2,2-3H3. The normalized spacial score (nSPS) is 16.5. The molecule has 0 bridgehead atoms. The largest absolute Gasteiger partial charge is 0.431 e. The van der Waals surface area contributed by atoms with Gasteiger partial charge >= 0.3 is 6.18 Å². The Morgan fingerprint density at radius 1 is 1.12 bits per heavy atom. The number of pyridine rings is 1. The van der Waals surface area contributed by atoms with Gasteiger partial charge < -0.3 is 25.3 Å². The van der Waals surface area contributed by atoms with Crippen molar-refractivity contribution in [2.45, 2.75) is 12.2 Å². The van der Waals surface area contributed by atoms with E-state index in [-0.39, 0.29) is 71.1 Å². The van der Waals surface area contributed by atoms with Gasteiger partial charge in [0.2, 0.25) is 11.9 Å². The summed E-state index contributed by atoms with van der Waals surface area (Å²) in [4.78, 5) is 42.0. The number of rotatable bonds is 5. The van der Waals surface area contributed by atoms with Crippen LogP contribution in [0.15, 0.2) is 41.7 Å². The fraction of sp³-hybridized carbons (Fsp3) is 0.385. The van der Waals surface area contributed by atoms with Gasteiger partial charge in [0, 0.05) is 45.3 Å². The lowest BCUT2D eigenvalue weighted by Crippen LogP contribution is -2.58. The zero-order chi connectivity index (χ0) is 28.9. The third-order valence-electron chi connectivity index (χ3n) is 7.31. The van der Waals surface area contributed by atoms with Crippen LogP contribution in [0, 0.1) is 5.82 Å². The molecule has 0 radical (unpaired) electrons. The number of aromatic nitrogens is 3. The van der Waals surface area contributed by atoms with Gasteiger partial charge in [-0.1, -0.05) is 12.6 Å². The molecule has 4 heterocycles. The third kappa shape index (κ3) is 4.72. The molecule has 2 fully saturated rings. The van der Waals surface area contributed by atoms with E-state index in [2.05, 4.69) is 16.5 Å². The Morgan fingerprint density at radius 2 is 1.80 bits per heavy atom. The van der Waals surface area contributed by atoms with Crippen LogP contribution in [0.3, 0.4) is 0 Å². The summed E-state index contributed by atoms with van der Waals surface area (Å²) >= 11 is 0. The summed E-state index contributed by atoms with van der Waals surface area (Å²) in [6.07, 6.45) is -3.84. The summed E-state index contributed by atoms with van der Waals surface area (Å²) in [5.74, 6) is -1.03. The van der Waals surface area contributed by atoms with Crippen LogP contribution in [0.25, 0.3) is 16.6 Å². The van der Waals surface area contributed by atoms with Crippen molar-refractivity contribution in [1.82, 2.24) is 24.3 Å². The van der Waals surface area contributed by atoms with Crippen LogP contribution in [-0.2, 0) is 11.0 Å². The van der Waals surface area contributed by atoms with Gasteiger partial charge in [0.1, 0.15) is 28.5 Å². The van der Waals surface area contributed by atoms with Gasteiger partial charge in [-0.3, -0.25) is 14.2 Å². The Kier molecular flexibility index (Phi) is 6.90. The molecule has 10 nitrogen and oxygen atoms in total. The molecule has 2 saturated heterocycles. The van der Waals surface area contributed by atoms with Gasteiger partial charge in [-0.05, 0) is 38.4 Å². The van der Waals surface area contributed by atoms with Gasteiger partial charge in [-0.25, -0.2) is 9.37 Å². The molecule has 2 aliphatic heterocycles. The zero-order valence-corrected chi connectivity index (χ0v) is 22.0. The zero-order valence-electron chi connectivity index (χ0n) is 22.0. The Labute approximate surface area is 226 Å². The fourth-order valence-electron chi connectivity index (χ4n) is 4.95. The topological polar surface area (TPSA) is 104 Å². The van der Waals surface area contributed by atoms with Crippen LogP contribution >= 0.6 is 0 Å². The van der Waals surface area contributed by atoms with Crippen LogP contribution in [0.1, 0.15) is 5.69 Å². The molecule has 3 aromatic rings. The Morgan fingerprint density at radius 3 is 2.38 bits per heavy atom. The van der Waals surface area contributed by atoms with E-state index in [0.29, 0.717) is 13.1 Å². The summed E-state index contributed by atoms with van der Waals surface area (Å²) in [7, 11) is 3.85. The van der Waals surface area contributed by atoms with Crippen molar-refractivity contribution in [3.63, 3.8) is 0 Å². The second-order valence-corrected chi connectivity index (χ2v) is 9.99. The lowest BCUT2D eigenvalue weighted by atomic mass is 10.1. The number of nitrogen functional groups attached to an aromatic ring is 1. The highest BCUT2D eigenvalue weighted by molar-refractivity contribution is 5.91. The molecule has 0 unspecified atom stereocenters. The number of carbonyl (C=O) groups excluding carboxylic acids is 1. The number of nitrogens with two attached hydrogens (primary N) is 1. The van der Waals surface area contributed by atoms with Crippen LogP contribution in [0.2, 0.25) is 0 Å². The van der Waals surface area contributed by atoms with Crippen LogP contribution in [0.5, 0.6) is 0 Å². The second-order valence-electron chi connectivity index (χ2n) is 9.99. The molecule has 2 N–H and O–H groups in total. The highest BCUT2D eigenvalue weighted by Crippen LogP contribution is 2.36. The maximum Gasteiger partial charge on any atom is 0.431 e. The molecular weight excluding hydrogens is 532 g/mol. The quantitative estimate of drug-likeness (QED) is 0.288. The first-order valence-corrected chi connectivity index (χ1v) is 12.6. The molecular formula is C26H28F4N8O2. The molecule has 1 aromatic carbocycles. The minimum absolute atomic E-state index is 0.125. The minimum atomic E-state index is -5.04. The van der Waals surface area contributed by atoms with Gasteiger partial charge in [0.25, 0.3) is 5.56 Å². The number of nitrogens with zero attached hydrogens (tertiary/aromatic N) is 7. The monoisotopic (exact) mass is 560 g/mol. The van der Waals surface area contributed by atoms with E-state index in [4.69, 9.17) is 5.73 Å².